The zero-order chi connectivity index (χ0) is 12.3. The Balaban J connectivity index is 2.06. The molecular weight excluding hydrogens is 210 g/mol. The second-order valence-electron chi connectivity index (χ2n) is 4.73. The first-order valence-electron chi connectivity index (χ1n) is 5.91. The third kappa shape index (κ3) is 2.74. The van der Waals surface area contributed by atoms with Crippen molar-refractivity contribution >= 4 is 0 Å². The number of aromatic nitrogens is 2. The Morgan fingerprint density at radius 3 is 2.53 bits per heavy atom. The zero-order valence-electron chi connectivity index (χ0n) is 10.4. The summed E-state index contributed by atoms with van der Waals surface area (Å²) >= 11 is 0. The van der Waals surface area contributed by atoms with Gasteiger partial charge in [-0.05, 0) is 31.4 Å². The molecule has 0 fully saturated rings. The van der Waals surface area contributed by atoms with Crippen molar-refractivity contribution in [2.24, 2.45) is 12.8 Å². The van der Waals surface area contributed by atoms with Crippen molar-refractivity contribution in [3.05, 3.63) is 53.9 Å². The molecule has 0 aliphatic carbocycles. The summed E-state index contributed by atoms with van der Waals surface area (Å²) in [7, 11) is 1.96. The summed E-state index contributed by atoms with van der Waals surface area (Å²) in [6.45, 7) is 2.08. The molecule has 0 aliphatic rings. The Morgan fingerprint density at radius 1 is 1.24 bits per heavy atom. The number of nitrogens with two attached hydrogens (primary N) is 1. The van der Waals surface area contributed by atoms with E-state index in [1.54, 1.807) is 0 Å². The third-order valence-corrected chi connectivity index (χ3v) is 3.26. The lowest BCUT2D eigenvalue weighted by Gasteiger charge is -2.25. The molecule has 0 bridgehead atoms. The number of aryl methyl sites for hydroxylation is 2. The van der Waals surface area contributed by atoms with Crippen LogP contribution in [0.4, 0.5) is 0 Å². The first kappa shape index (κ1) is 11.9. The molecule has 1 heterocycles. The maximum atomic E-state index is 6.38. The summed E-state index contributed by atoms with van der Waals surface area (Å²) in [5.74, 6) is 0. The molecular formula is C14H19N3. The van der Waals surface area contributed by atoms with Gasteiger partial charge >= 0.3 is 0 Å². The summed E-state index contributed by atoms with van der Waals surface area (Å²) in [6, 6.07) is 12.3. The van der Waals surface area contributed by atoms with Crippen LogP contribution in [-0.4, -0.2) is 9.78 Å². The second kappa shape index (κ2) is 4.72. The molecule has 1 atom stereocenters. The highest BCUT2D eigenvalue weighted by Crippen LogP contribution is 2.23. The summed E-state index contributed by atoms with van der Waals surface area (Å²) in [5, 5.41) is 4.17. The fourth-order valence-corrected chi connectivity index (χ4v) is 2.00. The molecule has 2 N–H and O–H groups in total. The second-order valence-corrected chi connectivity index (χ2v) is 4.73. The fourth-order valence-electron chi connectivity index (χ4n) is 2.00. The van der Waals surface area contributed by atoms with E-state index in [9.17, 15) is 0 Å². The lowest BCUT2D eigenvalue weighted by atomic mass is 9.88. The van der Waals surface area contributed by atoms with Crippen molar-refractivity contribution in [2.45, 2.75) is 25.3 Å². The van der Waals surface area contributed by atoms with Gasteiger partial charge in [0.15, 0.2) is 0 Å². The number of hydrogen-bond donors (Lipinski definition) is 1. The van der Waals surface area contributed by atoms with E-state index in [1.807, 2.05) is 42.2 Å². The quantitative estimate of drug-likeness (QED) is 0.873. The monoisotopic (exact) mass is 229 g/mol. The molecule has 0 aliphatic heterocycles. The average Bonchev–Trinajstić information content (AvgIpc) is 2.74. The molecule has 0 radical (unpaired) electrons. The topological polar surface area (TPSA) is 43.8 Å². The predicted molar refractivity (Wildman–Crippen MR) is 69.5 cm³/mol. The van der Waals surface area contributed by atoms with E-state index in [4.69, 9.17) is 5.73 Å². The third-order valence-electron chi connectivity index (χ3n) is 3.26. The van der Waals surface area contributed by atoms with Crippen molar-refractivity contribution in [1.29, 1.82) is 0 Å². The summed E-state index contributed by atoms with van der Waals surface area (Å²) in [4.78, 5) is 0. The normalized spacial score (nSPS) is 14.5. The van der Waals surface area contributed by atoms with Crippen LogP contribution in [0.1, 0.15) is 24.6 Å². The Kier molecular flexibility index (Phi) is 3.29. The van der Waals surface area contributed by atoms with Crippen LogP contribution >= 0.6 is 0 Å². The Bertz CT molecular complexity index is 471. The van der Waals surface area contributed by atoms with Crippen molar-refractivity contribution in [2.75, 3.05) is 0 Å². The minimum absolute atomic E-state index is 0.286. The van der Waals surface area contributed by atoms with Gasteiger partial charge in [-0.15, -0.1) is 0 Å². The highest BCUT2D eigenvalue weighted by Gasteiger charge is 2.20. The Morgan fingerprint density at radius 2 is 1.94 bits per heavy atom. The Labute approximate surface area is 102 Å². The minimum atomic E-state index is -0.286. The van der Waals surface area contributed by atoms with Gasteiger partial charge in [-0.3, -0.25) is 4.68 Å². The van der Waals surface area contributed by atoms with E-state index in [2.05, 4.69) is 24.2 Å². The van der Waals surface area contributed by atoms with Crippen molar-refractivity contribution in [3.63, 3.8) is 0 Å². The maximum absolute atomic E-state index is 6.38. The number of nitrogens with zero attached hydrogens (tertiary/aromatic N) is 2. The molecule has 90 valence electrons. The van der Waals surface area contributed by atoms with Crippen LogP contribution in [0.25, 0.3) is 0 Å². The highest BCUT2D eigenvalue weighted by atomic mass is 15.2. The molecule has 0 saturated heterocycles. The lowest BCUT2D eigenvalue weighted by Crippen LogP contribution is -2.33. The molecule has 2 rings (SSSR count). The van der Waals surface area contributed by atoms with Gasteiger partial charge in [0.1, 0.15) is 0 Å². The van der Waals surface area contributed by atoms with Crippen LogP contribution in [-0.2, 0) is 19.0 Å². The molecule has 3 heteroatoms. The average molecular weight is 229 g/mol. The first-order chi connectivity index (χ1) is 8.09. The van der Waals surface area contributed by atoms with E-state index < -0.39 is 0 Å². The molecule has 3 nitrogen and oxygen atoms in total. The van der Waals surface area contributed by atoms with Crippen molar-refractivity contribution < 1.29 is 0 Å². The van der Waals surface area contributed by atoms with Crippen molar-refractivity contribution in [1.82, 2.24) is 9.78 Å². The van der Waals surface area contributed by atoms with Gasteiger partial charge < -0.3 is 5.73 Å². The molecule has 0 spiro atoms. The maximum Gasteiger partial charge on any atom is 0.0492 e. The van der Waals surface area contributed by atoms with Crippen LogP contribution in [0.2, 0.25) is 0 Å². The smallest absolute Gasteiger partial charge is 0.0492 e. The van der Waals surface area contributed by atoms with Gasteiger partial charge in [0, 0.05) is 24.5 Å². The minimum Gasteiger partial charge on any atom is -0.322 e. The van der Waals surface area contributed by atoms with Crippen LogP contribution in [0.5, 0.6) is 0 Å². The number of benzene rings is 1. The van der Waals surface area contributed by atoms with Gasteiger partial charge in [-0.2, -0.15) is 5.10 Å². The van der Waals surface area contributed by atoms with E-state index >= 15 is 0 Å². The zero-order valence-corrected chi connectivity index (χ0v) is 10.4. The SMILES string of the molecule is Cn1nccc1CCC(C)(N)c1ccccc1. The van der Waals surface area contributed by atoms with Crippen LogP contribution < -0.4 is 5.73 Å². The largest absolute Gasteiger partial charge is 0.322 e. The molecule has 0 saturated carbocycles. The molecule has 17 heavy (non-hydrogen) atoms. The molecule has 2 aromatic rings. The van der Waals surface area contributed by atoms with Gasteiger partial charge in [-0.25, -0.2) is 0 Å². The van der Waals surface area contributed by atoms with E-state index in [1.165, 1.54) is 11.3 Å². The first-order valence-corrected chi connectivity index (χ1v) is 5.91. The van der Waals surface area contributed by atoms with E-state index in [0.717, 1.165) is 12.8 Å². The standard InChI is InChI=1S/C14H19N3/c1-14(15,12-6-4-3-5-7-12)10-8-13-9-11-16-17(13)2/h3-7,9,11H,8,10,15H2,1-2H3. The van der Waals surface area contributed by atoms with Gasteiger partial charge in [0.2, 0.25) is 0 Å². The van der Waals surface area contributed by atoms with Gasteiger partial charge in [0.25, 0.3) is 0 Å². The summed E-state index contributed by atoms with van der Waals surface area (Å²) in [5.41, 5.74) is 8.49. The van der Waals surface area contributed by atoms with Gasteiger partial charge in [-0.1, -0.05) is 30.3 Å². The number of hydrogen-bond acceptors (Lipinski definition) is 2. The molecule has 1 aromatic heterocycles. The fraction of sp³-hybridized carbons (Fsp3) is 0.357. The van der Waals surface area contributed by atoms with E-state index in [-0.39, 0.29) is 5.54 Å². The van der Waals surface area contributed by atoms with Crippen LogP contribution in [0.3, 0.4) is 0 Å². The van der Waals surface area contributed by atoms with E-state index in [0.29, 0.717) is 0 Å². The summed E-state index contributed by atoms with van der Waals surface area (Å²) in [6.07, 6.45) is 3.68. The lowest BCUT2D eigenvalue weighted by molar-refractivity contribution is 0.445. The van der Waals surface area contributed by atoms with Crippen molar-refractivity contribution in [3.8, 4) is 0 Å². The van der Waals surface area contributed by atoms with Crippen LogP contribution in [0.15, 0.2) is 42.6 Å². The molecule has 1 unspecified atom stereocenters. The Hall–Kier alpha value is -1.61. The highest BCUT2D eigenvalue weighted by molar-refractivity contribution is 5.23. The van der Waals surface area contributed by atoms with Gasteiger partial charge in [0.05, 0.1) is 0 Å². The predicted octanol–water partition coefficient (Wildman–Crippen LogP) is 2.23. The molecule has 1 aromatic carbocycles. The summed E-state index contributed by atoms with van der Waals surface area (Å²) < 4.78 is 1.90. The number of rotatable bonds is 4. The molecule has 0 amide bonds. The van der Waals surface area contributed by atoms with Crippen LogP contribution in [0, 0.1) is 0 Å².